The number of aliphatic hydroxyl groups excluding tert-OH is 1. The Balaban J connectivity index is 1.42. The molecule has 1 aromatic carbocycles. The Morgan fingerprint density at radius 3 is 2.82 bits per heavy atom. The van der Waals surface area contributed by atoms with Crippen molar-refractivity contribution in [2.75, 3.05) is 19.7 Å². The predicted octanol–water partition coefficient (Wildman–Crippen LogP) is 2.13. The number of thiazole rings is 1. The maximum absolute atomic E-state index is 12.7. The Kier molecular flexibility index (Phi) is 5.51. The van der Waals surface area contributed by atoms with Gasteiger partial charge in [0.2, 0.25) is 5.91 Å². The van der Waals surface area contributed by atoms with Crippen molar-refractivity contribution in [3.8, 4) is 10.6 Å². The highest BCUT2D eigenvalue weighted by Crippen LogP contribution is 2.38. The van der Waals surface area contributed by atoms with E-state index in [0.717, 1.165) is 42.2 Å². The lowest BCUT2D eigenvalue weighted by atomic mass is 9.73. The number of aliphatic hydroxyl groups is 1. The second-order valence-corrected chi connectivity index (χ2v) is 8.83. The molecule has 3 N–H and O–H groups in total. The molecule has 0 saturated carbocycles. The van der Waals surface area contributed by atoms with E-state index in [0.29, 0.717) is 13.0 Å². The summed E-state index contributed by atoms with van der Waals surface area (Å²) in [6, 6.07) is 9.96. The topological polar surface area (TPSA) is 83.5 Å². The van der Waals surface area contributed by atoms with Crippen LogP contribution in [0.4, 0.5) is 0 Å². The van der Waals surface area contributed by atoms with Crippen molar-refractivity contribution < 1.29 is 14.6 Å². The fraction of sp³-hybridized carbons (Fsp3) is 0.524. The van der Waals surface area contributed by atoms with Crippen molar-refractivity contribution in [3.63, 3.8) is 0 Å². The Bertz CT molecular complexity index is 814. The zero-order chi connectivity index (χ0) is 19.6. The molecular weight excluding hydrogens is 374 g/mol. The number of carbonyl (C=O) groups excluding carboxylic acids is 1. The van der Waals surface area contributed by atoms with Crippen molar-refractivity contribution in [2.45, 2.75) is 49.9 Å². The van der Waals surface area contributed by atoms with Gasteiger partial charge in [-0.1, -0.05) is 30.3 Å². The Labute approximate surface area is 169 Å². The highest BCUT2D eigenvalue weighted by Gasteiger charge is 2.53. The van der Waals surface area contributed by atoms with E-state index in [1.54, 1.807) is 11.3 Å². The monoisotopic (exact) mass is 401 g/mol. The summed E-state index contributed by atoms with van der Waals surface area (Å²) in [5, 5.41) is 20.3. The number of piperidine rings is 1. The third-order valence-corrected chi connectivity index (χ3v) is 6.84. The van der Waals surface area contributed by atoms with Gasteiger partial charge in [-0.3, -0.25) is 4.79 Å². The van der Waals surface area contributed by atoms with Crippen LogP contribution in [0.5, 0.6) is 0 Å². The molecule has 0 unspecified atom stereocenters. The predicted molar refractivity (Wildman–Crippen MR) is 109 cm³/mol. The SMILES string of the molecule is C[C@@]1(NC(=O)Cc2csc(-c3ccccc3)n2)CCOC2(CCNCC2)[C@H]1O. The van der Waals surface area contributed by atoms with Gasteiger partial charge in [-0.05, 0) is 39.3 Å². The number of rotatable bonds is 4. The summed E-state index contributed by atoms with van der Waals surface area (Å²) in [7, 11) is 0. The molecule has 2 aliphatic heterocycles. The zero-order valence-electron chi connectivity index (χ0n) is 16.1. The minimum Gasteiger partial charge on any atom is -0.388 e. The van der Waals surface area contributed by atoms with Crippen LogP contribution in [0.15, 0.2) is 35.7 Å². The smallest absolute Gasteiger partial charge is 0.226 e. The van der Waals surface area contributed by atoms with Crippen molar-refractivity contribution in [3.05, 3.63) is 41.4 Å². The number of benzene rings is 1. The summed E-state index contributed by atoms with van der Waals surface area (Å²) in [4.78, 5) is 17.3. The van der Waals surface area contributed by atoms with Gasteiger partial charge in [-0.2, -0.15) is 0 Å². The van der Waals surface area contributed by atoms with Crippen LogP contribution < -0.4 is 10.6 Å². The lowest BCUT2D eigenvalue weighted by Crippen LogP contribution is -2.69. The number of hydrogen-bond donors (Lipinski definition) is 3. The average molecular weight is 402 g/mol. The lowest BCUT2D eigenvalue weighted by Gasteiger charge is -2.52. The minimum absolute atomic E-state index is 0.113. The first kappa shape index (κ1) is 19.5. The number of nitrogens with zero attached hydrogens (tertiary/aromatic N) is 1. The van der Waals surface area contributed by atoms with Gasteiger partial charge in [0.15, 0.2) is 0 Å². The quantitative estimate of drug-likeness (QED) is 0.731. The first-order valence-corrected chi connectivity index (χ1v) is 10.7. The molecule has 2 saturated heterocycles. The van der Waals surface area contributed by atoms with E-state index >= 15 is 0 Å². The summed E-state index contributed by atoms with van der Waals surface area (Å²) < 4.78 is 6.01. The van der Waals surface area contributed by atoms with Crippen LogP contribution in [0.25, 0.3) is 10.6 Å². The maximum Gasteiger partial charge on any atom is 0.226 e. The number of aromatic nitrogens is 1. The van der Waals surface area contributed by atoms with Gasteiger partial charge in [-0.25, -0.2) is 4.98 Å². The van der Waals surface area contributed by atoms with Gasteiger partial charge < -0.3 is 20.5 Å². The Hall–Kier alpha value is -1.80. The van der Waals surface area contributed by atoms with Crippen molar-refractivity contribution in [1.82, 2.24) is 15.6 Å². The van der Waals surface area contributed by atoms with Crippen LogP contribution in [0.2, 0.25) is 0 Å². The number of ether oxygens (including phenoxy) is 1. The van der Waals surface area contributed by atoms with Crippen LogP contribution in [0.3, 0.4) is 0 Å². The summed E-state index contributed by atoms with van der Waals surface area (Å²) in [5.74, 6) is -0.113. The number of nitrogens with one attached hydrogen (secondary N) is 2. The van der Waals surface area contributed by atoms with Gasteiger partial charge in [0.1, 0.15) is 11.1 Å². The van der Waals surface area contributed by atoms with Gasteiger partial charge in [-0.15, -0.1) is 11.3 Å². The molecule has 2 atom stereocenters. The minimum atomic E-state index is -0.727. The zero-order valence-corrected chi connectivity index (χ0v) is 16.9. The number of amides is 1. The Morgan fingerprint density at radius 1 is 1.32 bits per heavy atom. The molecule has 2 aliphatic rings. The van der Waals surface area contributed by atoms with Crippen molar-refractivity contribution >= 4 is 17.2 Å². The maximum atomic E-state index is 12.7. The van der Waals surface area contributed by atoms with E-state index < -0.39 is 17.2 Å². The average Bonchev–Trinajstić information content (AvgIpc) is 3.16. The van der Waals surface area contributed by atoms with Gasteiger partial charge >= 0.3 is 0 Å². The van der Waals surface area contributed by atoms with Crippen LogP contribution >= 0.6 is 11.3 Å². The number of hydrogen-bond acceptors (Lipinski definition) is 6. The van der Waals surface area contributed by atoms with E-state index in [2.05, 4.69) is 15.6 Å². The van der Waals surface area contributed by atoms with Crippen molar-refractivity contribution in [2.24, 2.45) is 0 Å². The molecular formula is C21H27N3O3S. The van der Waals surface area contributed by atoms with Crippen LogP contribution in [-0.2, 0) is 16.0 Å². The molecule has 4 rings (SSSR count). The van der Waals surface area contributed by atoms with E-state index in [9.17, 15) is 9.90 Å². The second kappa shape index (κ2) is 7.91. The second-order valence-electron chi connectivity index (χ2n) is 7.97. The summed E-state index contributed by atoms with van der Waals surface area (Å²) in [5.41, 5.74) is 0.555. The summed E-state index contributed by atoms with van der Waals surface area (Å²) >= 11 is 1.54. The molecule has 0 radical (unpaired) electrons. The molecule has 2 fully saturated rings. The molecule has 1 aromatic heterocycles. The molecule has 7 heteroatoms. The third-order valence-electron chi connectivity index (χ3n) is 5.90. The van der Waals surface area contributed by atoms with Gasteiger partial charge in [0.25, 0.3) is 0 Å². The van der Waals surface area contributed by atoms with Gasteiger partial charge in [0, 0.05) is 17.6 Å². The highest BCUT2D eigenvalue weighted by molar-refractivity contribution is 7.13. The van der Waals surface area contributed by atoms with E-state index in [4.69, 9.17) is 4.74 Å². The van der Waals surface area contributed by atoms with Crippen LogP contribution in [0.1, 0.15) is 31.9 Å². The van der Waals surface area contributed by atoms with Gasteiger partial charge in [0.05, 0.1) is 23.3 Å². The first-order valence-electron chi connectivity index (χ1n) is 9.84. The molecule has 0 bridgehead atoms. The van der Waals surface area contributed by atoms with Crippen molar-refractivity contribution in [1.29, 1.82) is 0 Å². The molecule has 1 spiro atoms. The molecule has 1 amide bonds. The Morgan fingerprint density at radius 2 is 2.07 bits per heavy atom. The largest absolute Gasteiger partial charge is 0.388 e. The molecule has 28 heavy (non-hydrogen) atoms. The van der Waals surface area contributed by atoms with E-state index in [-0.39, 0.29) is 12.3 Å². The van der Waals surface area contributed by atoms with Crippen LogP contribution in [0, 0.1) is 0 Å². The summed E-state index contributed by atoms with van der Waals surface area (Å²) in [6.45, 7) is 4.12. The molecule has 150 valence electrons. The van der Waals surface area contributed by atoms with Crippen LogP contribution in [-0.4, -0.2) is 52.9 Å². The normalized spacial score (nSPS) is 26.9. The first-order chi connectivity index (χ1) is 13.5. The van der Waals surface area contributed by atoms with E-state index in [1.807, 2.05) is 42.6 Å². The number of carbonyl (C=O) groups is 1. The summed E-state index contributed by atoms with van der Waals surface area (Å²) in [6.07, 6.45) is 1.59. The highest BCUT2D eigenvalue weighted by atomic mass is 32.1. The molecule has 3 heterocycles. The molecule has 0 aliphatic carbocycles. The fourth-order valence-corrected chi connectivity index (χ4v) is 5.12. The lowest BCUT2D eigenvalue weighted by molar-refractivity contribution is -0.200. The third kappa shape index (κ3) is 3.85. The fourth-order valence-electron chi connectivity index (χ4n) is 4.29. The molecule has 2 aromatic rings. The van der Waals surface area contributed by atoms with E-state index in [1.165, 1.54) is 0 Å². The molecule has 6 nitrogen and oxygen atoms in total. The standard InChI is InChI=1S/C21H27N3O3S/c1-20(9-12-27-21(19(20)26)7-10-22-11-8-21)24-17(25)13-16-14-28-18(23-16)15-5-3-2-4-6-15/h2-6,14,19,22,26H,7-13H2,1H3,(H,24,25)/t19-,20+/m0/s1.